The number of amides is 1. The Labute approximate surface area is 146 Å². The zero-order valence-corrected chi connectivity index (χ0v) is 15.0. The Morgan fingerprint density at radius 3 is 2.42 bits per heavy atom. The molecular formula is C20H24N2OS. The van der Waals surface area contributed by atoms with Crippen LogP contribution in [0.5, 0.6) is 0 Å². The van der Waals surface area contributed by atoms with E-state index in [2.05, 4.69) is 21.7 Å². The second kappa shape index (κ2) is 5.29. The highest BCUT2D eigenvalue weighted by molar-refractivity contribution is 7.16. The topological polar surface area (TPSA) is 34.4 Å². The van der Waals surface area contributed by atoms with Crippen molar-refractivity contribution in [1.29, 1.82) is 0 Å². The molecule has 0 saturated heterocycles. The summed E-state index contributed by atoms with van der Waals surface area (Å²) in [6, 6.07) is 8.27. The first-order valence-corrected chi connectivity index (χ1v) is 10.0. The van der Waals surface area contributed by atoms with E-state index >= 15 is 0 Å². The maximum Gasteiger partial charge on any atom is 0.248 e. The molecule has 1 aromatic carbocycles. The van der Waals surface area contributed by atoms with E-state index in [1.165, 1.54) is 43.2 Å². The monoisotopic (exact) mass is 340 g/mol. The largest absolute Gasteiger partial charge is 0.319 e. The van der Waals surface area contributed by atoms with Gasteiger partial charge in [0, 0.05) is 13.5 Å². The third-order valence-corrected chi connectivity index (χ3v) is 7.74. The number of aromatic nitrogens is 1. The summed E-state index contributed by atoms with van der Waals surface area (Å²) in [5.41, 5.74) is 1.44. The lowest BCUT2D eigenvalue weighted by atomic mass is 9.49. The normalized spacial score (nSPS) is 35.0. The van der Waals surface area contributed by atoms with E-state index in [9.17, 15) is 4.79 Å². The van der Waals surface area contributed by atoms with Crippen molar-refractivity contribution in [2.45, 2.75) is 44.9 Å². The molecule has 126 valence electrons. The van der Waals surface area contributed by atoms with Gasteiger partial charge >= 0.3 is 0 Å². The molecule has 6 rings (SSSR count). The minimum atomic E-state index is 0.0964. The Morgan fingerprint density at radius 1 is 1.17 bits per heavy atom. The van der Waals surface area contributed by atoms with Crippen LogP contribution in [-0.4, -0.2) is 10.5 Å². The Bertz CT molecular complexity index is 840. The van der Waals surface area contributed by atoms with Crippen molar-refractivity contribution >= 4 is 27.5 Å². The summed E-state index contributed by atoms with van der Waals surface area (Å²) >= 11 is 1.62. The molecule has 3 nitrogen and oxygen atoms in total. The summed E-state index contributed by atoms with van der Waals surface area (Å²) < 4.78 is 3.25. The van der Waals surface area contributed by atoms with E-state index in [1.807, 2.05) is 19.2 Å². The third kappa shape index (κ3) is 2.38. The average molecular weight is 340 g/mol. The molecular weight excluding hydrogens is 316 g/mol. The van der Waals surface area contributed by atoms with Gasteiger partial charge in [-0.1, -0.05) is 23.5 Å². The smallest absolute Gasteiger partial charge is 0.248 e. The van der Waals surface area contributed by atoms with E-state index in [0.717, 1.165) is 28.1 Å². The summed E-state index contributed by atoms with van der Waals surface area (Å²) in [5.74, 6) is 2.78. The molecule has 4 fully saturated rings. The minimum absolute atomic E-state index is 0.0964. The molecule has 0 N–H and O–H groups in total. The fourth-order valence-electron chi connectivity index (χ4n) is 6.16. The van der Waals surface area contributed by atoms with Crippen molar-refractivity contribution in [3.8, 4) is 0 Å². The standard InChI is InChI=1S/C20H24N2OS/c1-22-16-4-2-3-5-17(16)24-19(22)21-18(23)12-20-9-13-6-14(10-20)8-15(7-13)11-20/h2-5,13-15H,6-12H2,1H3. The molecule has 1 aromatic heterocycles. The Morgan fingerprint density at radius 2 is 1.79 bits per heavy atom. The average Bonchev–Trinajstić information content (AvgIpc) is 2.82. The molecule has 2 aromatic rings. The van der Waals surface area contributed by atoms with Gasteiger partial charge in [-0.05, 0) is 73.8 Å². The van der Waals surface area contributed by atoms with Gasteiger partial charge in [-0.3, -0.25) is 4.79 Å². The van der Waals surface area contributed by atoms with Gasteiger partial charge in [0.2, 0.25) is 5.91 Å². The number of carbonyl (C=O) groups is 1. The van der Waals surface area contributed by atoms with Crippen LogP contribution in [0, 0.1) is 23.2 Å². The van der Waals surface area contributed by atoms with Gasteiger partial charge in [0.05, 0.1) is 10.2 Å². The summed E-state index contributed by atoms with van der Waals surface area (Å²) in [4.78, 5) is 18.1. The molecule has 0 unspecified atom stereocenters. The fraction of sp³-hybridized carbons (Fsp3) is 0.600. The van der Waals surface area contributed by atoms with Crippen LogP contribution in [0.4, 0.5) is 0 Å². The molecule has 24 heavy (non-hydrogen) atoms. The van der Waals surface area contributed by atoms with Gasteiger partial charge in [-0.2, -0.15) is 4.99 Å². The van der Waals surface area contributed by atoms with Crippen LogP contribution in [0.2, 0.25) is 0 Å². The number of thiazole rings is 1. The van der Waals surface area contributed by atoms with Gasteiger partial charge in [-0.25, -0.2) is 0 Å². The maximum absolute atomic E-state index is 12.8. The zero-order chi connectivity index (χ0) is 16.3. The number of para-hydroxylation sites is 1. The second-order valence-electron chi connectivity index (χ2n) is 8.51. The summed E-state index contributed by atoms with van der Waals surface area (Å²) in [6.07, 6.45) is 8.78. The highest BCUT2D eigenvalue weighted by Crippen LogP contribution is 2.61. The van der Waals surface area contributed by atoms with Crippen molar-refractivity contribution in [2.24, 2.45) is 35.2 Å². The first-order chi connectivity index (χ1) is 11.6. The van der Waals surface area contributed by atoms with E-state index < -0.39 is 0 Å². The molecule has 0 spiro atoms. The van der Waals surface area contributed by atoms with E-state index in [4.69, 9.17) is 0 Å². The Hall–Kier alpha value is -1.42. The van der Waals surface area contributed by atoms with Crippen molar-refractivity contribution in [1.82, 2.24) is 4.57 Å². The van der Waals surface area contributed by atoms with E-state index in [-0.39, 0.29) is 11.3 Å². The Balaban J connectivity index is 1.43. The van der Waals surface area contributed by atoms with Gasteiger partial charge in [0.1, 0.15) is 0 Å². The first kappa shape index (κ1) is 14.9. The third-order valence-electron chi connectivity index (χ3n) is 6.63. The predicted octanol–water partition coefficient (Wildman–Crippen LogP) is 4.27. The molecule has 0 radical (unpaired) electrons. The van der Waals surface area contributed by atoms with Crippen LogP contribution < -0.4 is 4.80 Å². The van der Waals surface area contributed by atoms with Crippen LogP contribution in [0.25, 0.3) is 10.2 Å². The van der Waals surface area contributed by atoms with Crippen LogP contribution >= 0.6 is 11.3 Å². The number of rotatable bonds is 2. The first-order valence-electron chi connectivity index (χ1n) is 9.22. The number of carbonyl (C=O) groups excluding carboxylic acids is 1. The molecule has 4 aliphatic carbocycles. The number of benzene rings is 1. The quantitative estimate of drug-likeness (QED) is 0.804. The van der Waals surface area contributed by atoms with Crippen LogP contribution in [0.15, 0.2) is 29.3 Å². The van der Waals surface area contributed by atoms with Gasteiger partial charge in [-0.15, -0.1) is 0 Å². The minimum Gasteiger partial charge on any atom is -0.319 e. The van der Waals surface area contributed by atoms with Crippen LogP contribution in [0.1, 0.15) is 44.9 Å². The number of aryl methyl sites for hydroxylation is 1. The van der Waals surface area contributed by atoms with Gasteiger partial charge < -0.3 is 4.57 Å². The molecule has 4 saturated carbocycles. The maximum atomic E-state index is 12.8. The molecule has 1 heterocycles. The molecule has 4 bridgehead atoms. The molecule has 4 heteroatoms. The van der Waals surface area contributed by atoms with Gasteiger partial charge in [0.25, 0.3) is 0 Å². The van der Waals surface area contributed by atoms with Crippen molar-refractivity contribution < 1.29 is 4.79 Å². The molecule has 4 aliphatic rings. The zero-order valence-electron chi connectivity index (χ0n) is 14.2. The second-order valence-corrected chi connectivity index (χ2v) is 9.52. The summed E-state index contributed by atoms with van der Waals surface area (Å²) in [6.45, 7) is 0. The molecule has 0 aliphatic heterocycles. The number of fused-ring (bicyclic) bond motifs is 1. The Kier molecular flexibility index (Phi) is 3.28. The number of hydrogen-bond acceptors (Lipinski definition) is 2. The van der Waals surface area contributed by atoms with E-state index in [1.54, 1.807) is 11.3 Å². The fourth-order valence-corrected chi connectivity index (χ4v) is 7.20. The molecule has 0 atom stereocenters. The van der Waals surface area contributed by atoms with Crippen molar-refractivity contribution in [3.05, 3.63) is 29.1 Å². The van der Waals surface area contributed by atoms with Crippen LogP contribution in [-0.2, 0) is 11.8 Å². The lowest BCUT2D eigenvalue weighted by molar-refractivity contribution is -0.126. The number of nitrogens with zero attached hydrogens (tertiary/aromatic N) is 2. The summed E-state index contributed by atoms with van der Waals surface area (Å²) in [5, 5.41) is 0. The SMILES string of the molecule is Cn1c(=NC(=O)CC23CC4CC(CC(C4)C2)C3)sc2ccccc21. The molecule has 1 amide bonds. The van der Waals surface area contributed by atoms with Crippen molar-refractivity contribution in [3.63, 3.8) is 0 Å². The lowest BCUT2D eigenvalue weighted by Gasteiger charge is -2.56. The number of hydrogen-bond donors (Lipinski definition) is 0. The van der Waals surface area contributed by atoms with Crippen LogP contribution in [0.3, 0.4) is 0 Å². The highest BCUT2D eigenvalue weighted by Gasteiger charge is 2.51. The van der Waals surface area contributed by atoms with E-state index in [0.29, 0.717) is 6.42 Å². The van der Waals surface area contributed by atoms with Crippen molar-refractivity contribution in [2.75, 3.05) is 0 Å². The predicted molar refractivity (Wildman–Crippen MR) is 96.6 cm³/mol. The lowest BCUT2D eigenvalue weighted by Crippen LogP contribution is -2.46. The van der Waals surface area contributed by atoms with Gasteiger partial charge in [0.15, 0.2) is 4.80 Å². The summed E-state index contributed by atoms with van der Waals surface area (Å²) in [7, 11) is 2.01. The highest BCUT2D eigenvalue weighted by atomic mass is 32.1.